The van der Waals surface area contributed by atoms with E-state index in [0.29, 0.717) is 16.3 Å². The van der Waals surface area contributed by atoms with E-state index in [1.165, 1.54) is 12.4 Å². The molecule has 1 heterocycles. The molecule has 6 heteroatoms. The molecule has 0 saturated carbocycles. The lowest BCUT2D eigenvalue weighted by molar-refractivity contribution is 0.102. The van der Waals surface area contributed by atoms with E-state index in [2.05, 4.69) is 27.1 Å². The predicted molar refractivity (Wildman–Crippen MR) is 80.1 cm³/mol. The van der Waals surface area contributed by atoms with Crippen molar-refractivity contribution in [3.05, 3.63) is 52.6 Å². The highest BCUT2D eigenvalue weighted by atomic mass is 35.5. The molecule has 0 unspecified atom stereocenters. The molecule has 0 bridgehead atoms. The van der Waals surface area contributed by atoms with Gasteiger partial charge in [-0.15, -0.1) is 0 Å². The Kier molecular flexibility index (Phi) is 4.88. The number of aliphatic hydroxyl groups excluding tert-OH is 1. The maximum atomic E-state index is 12.1. The largest absolute Gasteiger partial charge is 0.384 e. The molecule has 106 valence electrons. The lowest BCUT2D eigenvalue weighted by Gasteiger charge is -2.07. The quantitative estimate of drug-likeness (QED) is 0.832. The van der Waals surface area contributed by atoms with Crippen molar-refractivity contribution in [2.45, 2.75) is 6.92 Å². The number of aliphatic hydroxyl groups is 1. The third kappa shape index (κ3) is 4.02. The number of hydrogen-bond acceptors (Lipinski definition) is 4. The van der Waals surface area contributed by atoms with Gasteiger partial charge in [0.1, 0.15) is 12.3 Å². The average Bonchev–Trinajstić information content (AvgIpc) is 2.48. The number of nitrogens with zero attached hydrogens (tertiary/aromatic N) is 2. The van der Waals surface area contributed by atoms with Gasteiger partial charge in [0.05, 0.1) is 17.6 Å². The lowest BCUT2D eigenvalue weighted by Crippen LogP contribution is -2.15. The predicted octanol–water partition coefficient (Wildman–Crippen LogP) is 2.03. The smallest absolute Gasteiger partial charge is 0.275 e. The van der Waals surface area contributed by atoms with Crippen LogP contribution in [0.3, 0.4) is 0 Å². The summed E-state index contributed by atoms with van der Waals surface area (Å²) in [7, 11) is 0. The molecule has 0 radical (unpaired) electrons. The van der Waals surface area contributed by atoms with Crippen molar-refractivity contribution < 1.29 is 9.90 Å². The molecule has 21 heavy (non-hydrogen) atoms. The number of nitrogens with one attached hydrogen (secondary N) is 1. The van der Waals surface area contributed by atoms with Crippen LogP contribution in [0.5, 0.6) is 0 Å². The molecule has 2 N–H and O–H groups in total. The van der Waals surface area contributed by atoms with Gasteiger partial charge in [-0.25, -0.2) is 4.98 Å². The van der Waals surface area contributed by atoms with Crippen molar-refractivity contribution in [1.82, 2.24) is 9.97 Å². The Hall–Kier alpha value is -2.42. The van der Waals surface area contributed by atoms with Crippen LogP contribution in [0.25, 0.3) is 0 Å². The number of rotatable bonds is 2. The van der Waals surface area contributed by atoms with Crippen LogP contribution in [0.4, 0.5) is 5.69 Å². The minimum atomic E-state index is -0.392. The summed E-state index contributed by atoms with van der Waals surface area (Å²) in [4.78, 5) is 20.1. The molecule has 5 nitrogen and oxygen atoms in total. The second kappa shape index (κ2) is 6.84. The summed E-state index contributed by atoms with van der Waals surface area (Å²) in [6.45, 7) is 1.51. The van der Waals surface area contributed by atoms with Gasteiger partial charge in [0.15, 0.2) is 0 Å². The maximum absolute atomic E-state index is 12.1. The average molecular weight is 302 g/mol. The first-order chi connectivity index (χ1) is 10.1. The standard InChI is InChI=1S/C15H12ClN3O2/c1-10-8-18-14(9-17-10)15(21)19-13-5-4-12(16)7-11(13)3-2-6-20/h4-5,7-9,20H,6H2,1H3,(H,19,21). The Morgan fingerprint density at radius 2 is 2.19 bits per heavy atom. The summed E-state index contributed by atoms with van der Waals surface area (Å²) >= 11 is 5.90. The van der Waals surface area contributed by atoms with Crippen molar-refractivity contribution in [2.75, 3.05) is 11.9 Å². The molecule has 2 rings (SSSR count). The topological polar surface area (TPSA) is 75.1 Å². The number of amides is 1. The maximum Gasteiger partial charge on any atom is 0.275 e. The summed E-state index contributed by atoms with van der Waals surface area (Å²) in [5.41, 5.74) is 1.95. The van der Waals surface area contributed by atoms with Gasteiger partial charge < -0.3 is 10.4 Å². The Balaban J connectivity index is 2.26. The fourth-order valence-corrected chi connectivity index (χ4v) is 1.73. The minimum Gasteiger partial charge on any atom is -0.384 e. The summed E-state index contributed by atoms with van der Waals surface area (Å²) in [5, 5.41) is 12.0. The van der Waals surface area contributed by atoms with Gasteiger partial charge in [-0.2, -0.15) is 0 Å². The van der Waals surface area contributed by atoms with Gasteiger partial charge in [0, 0.05) is 16.8 Å². The molecular weight excluding hydrogens is 290 g/mol. The molecule has 0 aliphatic carbocycles. The first kappa shape index (κ1) is 15.0. The number of carbonyl (C=O) groups is 1. The summed E-state index contributed by atoms with van der Waals surface area (Å²) < 4.78 is 0. The van der Waals surface area contributed by atoms with Crippen molar-refractivity contribution in [3.8, 4) is 11.8 Å². The first-order valence-corrected chi connectivity index (χ1v) is 6.47. The molecule has 1 amide bonds. The van der Waals surface area contributed by atoms with E-state index in [9.17, 15) is 4.79 Å². The zero-order valence-corrected chi connectivity index (χ0v) is 12.0. The number of hydrogen-bond donors (Lipinski definition) is 2. The van der Waals surface area contributed by atoms with E-state index in [4.69, 9.17) is 16.7 Å². The third-order valence-electron chi connectivity index (χ3n) is 2.55. The van der Waals surface area contributed by atoms with E-state index >= 15 is 0 Å². The second-order valence-corrected chi connectivity index (χ2v) is 4.58. The second-order valence-electron chi connectivity index (χ2n) is 4.15. The van der Waals surface area contributed by atoms with Gasteiger partial charge >= 0.3 is 0 Å². The van der Waals surface area contributed by atoms with E-state index in [0.717, 1.165) is 5.69 Å². The number of aromatic nitrogens is 2. The summed E-state index contributed by atoms with van der Waals surface area (Å²) in [6, 6.07) is 4.89. The molecule has 2 aromatic rings. The van der Waals surface area contributed by atoms with Gasteiger partial charge in [-0.3, -0.25) is 9.78 Å². The van der Waals surface area contributed by atoms with Crippen LogP contribution in [0.2, 0.25) is 5.02 Å². The monoisotopic (exact) mass is 301 g/mol. The molecule has 1 aromatic heterocycles. The van der Waals surface area contributed by atoms with Crippen molar-refractivity contribution >= 4 is 23.2 Å². The van der Waals surface area contributed by atoms with E-state index < -0.39 is 5.91 Å². The molecule has 0 saturated heterocycles. The number of carbonyl (C=O) groups excluding carboxylic acids is 1. The van der Waals surface area contributed by atoms with E-state index in [-0.39, 0.29) is 12.3 Å². The van der Waals surface area contributed by atoms with Crippen molar-refractivity contribution in [2.24, 2.45) is 0 Å². The fourth-order valence-electron chi connectivity index (χ4n) is 1.56. The van der Waals surface area contributed by atoms with Crippen LogP contribution in [-0.4, -0.2) is 27.6 Å². The van der Waals surface area contributed by atoms with Crippen LogP contribution < -0.4 is 5.32 Å². The number of benzene rings is 1. The molecule has 0 fully saturated rings. The van der Waals surface area contributed by atoms with Crippen LogP contribution in [0.1, 0.15) is 21.7 Å². The molecule has 0 aliphatic rings. The highest BCUT2D eigenvalue weighted by molar-refractivity contribution is 6.30. The van der Waals surface area contributed by atoms with Crippen molar-refractivity contribution in [3.63, 3.8) is 0 Å². The Morgan fingerprint density at radius 1 is 1.38 bits per heavy atom. The Morgan fingerprint density at radius 3 is 2.86 bits per heavy atom. The first-order valence-electron chi connectivity index (χ1n) is 6.09. The molecule has 0 atom stereocenters. The zero-order valence-electron chi connectivity index (χ0n) is 11.2. The van der Waals surface area contributed by atoms with Gasteiger partial charge in [-0.1, -0.05) is 23.4 Å². The van der Waals surface area contributed by atoms with E-state index in [1.54, 1.807) is 25.1 Å². The van der Waals surface area contributed by atoms with Crippen LogP contribution >= 0.6 is 11.6 Å². The van der Waals surface area contributed by atoms with Crippen LogP contribution in [0, 0.1) is 18.8 Å². The molecule has 0 aliphatic heterocycles. The van der Waals surface area contributed by atoms with Gasteiger partial charge in [-0.05, 0) is 25.1 Å². The third-order valence-corrected chi connectivity index (χ3v) is 2.78. The number of aryl methyl sites for hydroxylation is 1. The molecule has 1 aromatic carbocycles. The van der Waals surface area contributed by atoms with Gasteiger partial charge in [0.25, 0.3) is 5.91 Å². The van der Waals surface area contributed by atoms with Crippen LogP contribution in [0.15, 0.2) is 30.6 Å². The fraction of sp³-hybridized carbons (Fsp3) is 0.133. The Labute approximate surface area is 127 Å². The van der Waals surface area contributed by atoms with Crippen LogP contribution in [-0.2, 0) is 0 Å². The SMILES string of the molecule is Cc1cnc(C(=O)Nc2ccc(Cl)cc2C#CCO)cn1. The minimum absolute atomic E-state index is 0.205. The highest BCUT2D eigenvalue weighted by Gasteiger charge is 2.10. The van der Waals surface area contributed by atoms with E-state index in [1.807, 2.05) is 0 Å². The van der Waals surface area contributed by atoms with Crippen molar-refractivity contribution in [1.29, 1.82) is 0 Å². The number of halogens is 1. The lowest BCUT2D eigenvalue weighted by atomic mass is 10.1. The Bertz CT molecular complexity index is 718. The summed E-state index contributed by atoms with van der Waals surface area (Å²) in [6.07, 6.45) is 2.92. The number of anilines is 1. The van der Waals surface area contributed by atoms with Gasteiger partial charge in [0.2, 0.25) is 0 Å². The normalized spacial score (nSPS) is 9.67. The zero-order chi connectivity index (χ0) is 15.2. The highest BCUT2D eigenvalue weighted by Crippen LogP contribution is 2.20. The summed E-state index contributed by atoms with van der Waals surface area (Å²) in [5.74, 6) is 4.86. The molecule has 0 spiro atoms. The molecular formula is C15H12ClN3O2.